The molecule has 44 heavy (non-hydrogen) atoms. The van der Waals surface area contributed by atoms with E-state index in [4.69, 9.17) is 9.47 Å². The van der Waals surface area contributed by atoms with E-state index in [0.29, 0.717) is 28.8 Å². The summed E-state index contributed by atoms with van der Waals surface area (Å²) in [5.74, 6) is -0.909. The van der Waals surface area contributed by atoms with Gasteiger partial charge in [-0.1, -0.05) is 113 Å². The second-order valence-corrected chi connectivity index (χ2v) is 13.3. The highest BCUT2D eigenvalue weighted by Gasteiger charge is 2.44. The number of carbonyl (C=O) groups is 2. The van der Waals surface area contributed by atoms with Crippen molar-refractivity contribution in [2.45, 2.75) is 36.9 Å². The molecular weight excluding hydrogens is 691 g/mol. The van der Waals surface area contributed by atoms with Gasteiger partial charge in [-0.3, -0.25) is 4.79 Å². The molecule has 0 spiro atoms. The van der Waals surface area contributed by atoms with Crippen molar-refractivity contribution in [1.82, 2.24) is 9.62 Å². The number of imide groups is 1. The first-order chi connectivity index (χ1) is 21.3. The predicted molar refractivity (Wildman–Crippen MR) is 176 cm³/mol. The molecule has 4 aromatic carbocycles. The van der Waals surface area contributed by atoms with Gasteiger partial charge in [0.25, 0.3) is 0 Å². The third-order valence-electron chi connectivity index (χ3n) is 7.51. The second-order valence-electron chi connectivity index (χ2n) is 10.6. The highest BCUT2D eigenvalue weighted by Crippen LogP contribution is 2.36. The normalized spacial score (nSPS) is 16.3. The maximum atomic E-state index is 14.4. The van der Waals surface area contributed by atoms with E-state index in [1.165, 1.54) is 12.1 Å². The summed E-state index contributed by atoms with van der Waals surface area (Å²) in [7, 11) is -4.07. The van der Waals surface area contributed by atoms with Crippen LogP contribution in [0.1, 0.15) is 40.8 Å². The number of nitrogens with zero attached hydrogens (tertiary/aromatic N) is 1. The highest BCUT2D eigenvalue weighted by atomic mass is 127. The molecule has 0 bridgehead atoms. The number of rotatable bonds is 12. The van der Waals surface area contributed by atoms with Crippen molar-refractivity contribution in [2.75, 3.05) is 11.0 Å². The molecule has 1 heterocycles. The number of benzene rings is 4. The number of cyclic esters (lactones) is 1. The molecule has 1 aliphatic heterocycles. The van der Waals surface area contributed by atoms with Crippen LogP contribution >= 0.6 is 22.6 Å². The summed E-state index contributed by atoms with van der Waals surface area (Å²) in [6.07, 6.45) is -0.441. The minimum absolute atomic E-state index is 0.0219. The lowest BCUT2D eigenvalue weighted by Gasteiger charge is -2.31. The average molecular weight is 725 g/mol. The summed E-state index contributed by atoms with van der Waals surface area (Å²) in [5, 5.41) is 0. The quantitative estimate of drug-likeness (QED) is 0.128. The SMILES string of the molecule is Cc1ccc(S(=O)(=O)N[C@H](c2cccc(OCc3ccccc3)c2)[C@@H](CCI)C(=O)N2C(=O)OC[C@@H]2c2ccccc2)cc1. The first-order valence-corrected chi connectivity index (χ1v) is 17.2. The van der Waals surface area contributed by atoms with Gasteiger partial charge >= 0.3 is 6.09 Å². The van der Waals surface area contributed by atoms with Crippen LogP contribution in [0.3, 0.4) is 0 Å². The second kappa shape index (κ2) is 14.4. The largest absolute Gasteiger partial charge is 0.489 e. The molecule has 1 N–H and O–H groups in total. The Kier molecular flexibility index (Phi) is 10.3. The topological polar surface area (TPSA) is 102 Å². The Morgan fingerprint density at radius 3 is 2.34 bits per heavy atom. The number of sulfonamides is 1. The Hall–Kier alpha value is -3.74. The zero-order valence-electron chi connectivity index (χ0n) is 24.1. The number of amides is 2. The van der Waals surface area contributed by atoms with E-state index in [0.717, 1.165) is 21.6 Å². The lowest BCUT2D eigenvalue weighted by molar-refractivity contribution is -0.134. The molecule has 0 saturated carbocycles. The van der Waals surface area contributed by atoms with E-state index in [1.807, 2.05) is 67.6 Å². The molecule has 5 rings (SSSR count). The maximum absolute atomic E-state index is 14.4. The summed E-state index contributed by atoms with van der Waals surface area (Å²) in [4.78, 5) is 28.6. The minimum Gasteiger partial charge on any atom is -0.489 e. The number of aryl methyl sites for hydroxylation is 1. The summed E-state index contributed by atoms with van der Waals surface area (Å²) in [6.45, 7) is 2.22. The highest BCUT2D eigenvalue weighted by molar-refractivity contribution is 14.1. The monoisotopic (exact) mass is 724 g/mol. The molecule has 0 aromatic heterocycles. The van der Waals surface area contributed by atoms with Crippen LogP contribution in [0.4, 0.5) is 4.79 Å². The lowest BCUT2D eigenvalue weighted by Crippen LogP contribution is -2.45. The standard InChI is InChI=1S/C34H33IN2O6S/c1-24-15-17-29(18-16-24)44(40,41)36-32(27-13-8-14-28(21-27)42-22-25-9-4-2-5-10-25)30(19-20-35)33(38)37-31(23-43-34(37)39)26-11-6-3-7-12-26/h2-18,21,30-32,36H,19-20,22-23H2,1H3/t30-,31-,32-/m1/s1. The van der Waals surface area contributed by atoms with Crippen LogP contribution in [0.5, 0.6) is 5.75 Å². The summed E-state index contributed by atoms with van der Waals surface area (Å²) < 4.78 is 42.3. The first-order valence-electron chi connectivity index (χ1n) is 14.2. The van der Waals surface area contributed by atoms with Crippen LogP contribution < -0.4 is 9.46 Å². The average Bonchev–Trinajstić information content (AvgIpc) is 3.44. The Morgan fingerprint density at radius 1 is 0.977 bits per heavy atom. The zero-order valence-corrected chi connectivity index (χ0v) is 27.1. The molecule has 4 aromatic rings. The van der Waals surface area contributed by atoms with Crippen molar-refractivity contribution in [2.24, 2.45) is 5.92 Å². The molecule has 1 saturated heterocycles. The van der Waals surface area contributed by atoms with Gasteiger partial charge in [-0.15, -0.1) is 0 Å². The number of ether oxygens (including phenoxy) is 2. The van der Waals surface area contributed by atoms with Gasteiger partial charge < -0.3 is 9.47 Å². The van der Waals surface area contributed by atoms with E-state index in [-0.39, 0.29) is 11.5 Å². The van der Waals surface area contributed by atoms with Gasteiger partial charge in [-0.2, -0.15) is 0 Å². The zero-order chi connectivity index (χ0) is 31.1. The molecule has 8 nitrogen and oxygen atoms in total. The Bertz CT molecular complexity index is 1680. The molecule has 0 radical (unpaired) electrons. The van der Waals surface area contributed by atoms with E-state index >= 15 is 0 Å². The summed E-state index contributed by atoms with van der Waals surface area (Å²) in [6, 6.07) is 30.9. The Balaban J connectivity index is 1.53. The van der Waals surface area contributed by atoms with E-state index < -0.39 is 40.0 Å². The summed E-state index contributed by atoms with van der Waals surface area (Å²) in [5.41, 5.74) is 3.19. The van der Waals surface area contributed by atoms with Crippen molar-refractivity contribution in [3.63, 3.8) is 0 Å². The molecule has 1 fully saturated rings. The van der Waals surface area contributed by atoms with E-state index in [2.05, 4.69) is 27.3 Å². The van der Waals surface area contributed by atoms with Crippen molar-refractivity contribution >= 4 is 44.6 Å². The van der Waals surface area contributed by atoms with Gasteiger partial charge in [-0.25, -0.2) is 22.8 Å². The van der Waals surface area contributed by atoms with Crippen LogP contribution in [0.15, 0.2) is 114 Å². The third kappa shape index (κ3) is 7.48. The van der Waals surface area contributed by atoms with Crippen LogP contribution in [-0.2, 0) is 26.2 Å². The number of alkyl halides is 1. The van der Waals surface area contributed by atoms with Gasteiger partial charge in [0.15, 0.2) is 0 Å². The first kappa shape index (κ1) is 31.7. The molecule has 0 aliphatic carbocycles. The predicted octanol–water partition coefficient (Wildman–Crippen LogP) is 6.76. The van der Waals surface area contributed by atoms with Crippen molar-refractivity contribution in [3.05, 3.63) is 131 Å². The number of hydrogen-bond acceptors (Lipinski definition) is 6. The number of nitrogens with one attached hydrogen (secondary N) is 1. The number of halogens is 1. The van der Waals surface area contributed by atoms with Gasteiger partial charge in [0, 0.05) is 4.43 Å². The molecule has 0 unspecified atom stereocenters. The van der Waals surface area contributed by atoms with Gasteiger partial charge in [0.2, 0.25) is 15.9 Å². The smallest absolute Gasteiger partial charge is 0.417 e. The molecule has 10 heteroatoms. The van der Waals surface area contributed by atoms with E-state index in [9.17, 15) is 18.0 Å². The molecule has 228 valence electrons. The van der Waals surface area contributed by atoms with Crippen molar-refractivity contribution in [3.8, 4) is 5.75 Å². The molecule has 3 atom stereocenters. The lowest BCUT2D eigenvalue weighted by atomic mass is 9.89. The van der Waals surface area contributed by atoms with Crippen LogP contribution in [0, 0.1) is 12.8 Å². The fourth-order valence-corrected chi connectivity index (χ4v) is 7.12. The van der Waals surface area contributed by atoms with Gasteiger partial charge in [0.05, 0.1) is 16.9 Å². The third-order valence-corrected chi connectivity index (χ3v) is 9.59. The van der Waals surface area contributed by atoms with Crippen molar-refractivity contribution in [1.29, 1.82) is 0 Å². The molecule has 2 amide bonds. The number of carbonyl (C=O) groups excluding carboxylic acids is 2. The van der Waals surface area contributed by atoms with Gasteiger partial charge in [0.1, 0.15) is 25.0 Å². The summed E-state index contributed by atoms with van der Waals surface area (Å²) >= 11 is 2.16. The molecular formula is C34H33IN2O6S. The van der Waals surface area contributed by atoms with Crippen LogP contribution in [0.25, 0.3) is 0 Å². The molecule has 1 aliphatic rings. The van der Waals surface area contributed by atoms with Crippen LogP contribution in [0.2, 0.25) is 0 Å². The Morgan fingerprint density at radius 2 is 1.66 bits per heavy atom. The fraction of sp³-hybridized carbons (Fsp3) is 0.235. The van der Waals surface area contributed by atoms with Gasteiger partial charge in [-0.05, 0) is 54.3 Å². The van der Waals surface area contributed by atoms with E-state index in [1.54, 1.807) is 36.4 Å². The number of hydrogen-bond donors (Lipinski definition) is 1. The van der Waals surface area contributed by atoms with Crippen LogP contribution in [-0.4, -0.2) is 36.4 Å². The maximum Gasteiger partial charge on any atom is 0.417 e. The van der Waals surface area contributed by atoms with Crippen molar-refractivity contribution < 1.29 is 27.5 Å². The fourth-order valence-electron chi connectivity index (χ4n) is 5.19. The minimum atomic E-state index is -4.07. The Labute approximate surface area is 271 Å².